The van der Waals surface area contributed by atoms with E-state index in [9.17, 15) is 0 Å². The molecule has 0 radical (unpaired) electrons. The van der Waals surface area contributed by atoms with Crippen LogP contribution in [0.1, 0.15) is 12.8 Å². The van der Waals surface area contributed by atoms with Crippen molar-refractivity contribution in [2.75, 3.05) is 0 Å². The molecule has 0 aromatic heterocycles. The van der Waals surface area contributed by atoms with Gasteiger partial charge in [-0.25, -0.2) is 0 Å². The maximum Gasteiger partial charge on any atom is 0.0761 e. The minimum absolute atomic E-state index is 0.571. The Morgan fingerprint density at radius 2 is 1.50 bits per heavy atom. The molecule has 2 aliphatic carbocycles. The van der Waals surface area contributed by atoms with Crippen molar-refractivity contribution in [3.63, 3.8) is 0 Å². The van der Waals surface area contributed by atoms with Crippen molar-refractivity contribution >= 4 is 18.1 Å². The average molecular weight is 190 g/mol. The number of hydrogen-bond acceptors (Lipinski definition) is 0. The van der Waals surface area contributed by atoms with Gasteiger partial charge in [0.05, 0.1) is 8.31 Å². The maximum absolute atomic E-state index is 2.35. The zero-order valence-corrected chi connectivity index (χ0v) is 10.6. The molecule has 0 aromatic rings. The highest BCUT2D eigenvalue weighted by molar-refractivity contribution is 7.11. The molecule has 0 nitrogen and oxygen atoms in total. The van der Waals surface area contributed by atoms with Crippen LogP contribution in [0.25, 0.3) is 0 Å². The van der Waals surface area contributed by atoms with Crippen LogP contribution >= 0.6 is 0 Å². The third-order valence-corrected chi connectivity index (χ3v) is 10.2. The van der Waals surface area contributed by atoms with E-state index in [0.29, 0.717) is 0 Å². The van der Waals surface area contributed by atoms with Crippen LogP contribution in [0.3, 0.4) is 0 Å². The van der Waals surface area contributed by atoms with Crippen LogP contribution in [0.4, 0.5) is 0 Å². The molecule has 0 amide bonds. The minimum Gasteiger partial charge on any atom is -0.0809 e. The van der Waals surface area contributed by atoms with Crippen molar-refractivity contribution < 1.29 is 0 Å². The van der Waals surface area contributed by atoms with E-state index in [0.717, 1.165) is 0 Å². The Hall–Kier alpha value is -0.606. The molecule has 0 heterocycles. The van der Waals surface area contributed by atoms with Crippen LogP contribution in [-0.2, 0) is 0 Å². The van der Waals surface area contributed by atoms with Gasteiger partial charge in [0.25, 0.3) is 0 Å². The fraction of sp³-hybridized carbons (Fsp3) is 0.200. The Morgan fingerprint density at radius 1 is 1.00 bits per heavy atom. The van der Waals surface area contributed by atoms with Gasteiger partial charge in [-0.05, 0) is 12.8 Å². The van der Waals surface area contributed by atoms with Gasteiger partial charge in [-0.15, -0.1) is 0 Å². The second-order valence-corrected chi connectivity index (χ2v) is 9.86. The zero-order valence-electron chi connectivity index (χ0n) is 7.46. The quantitative estimate of drug-likeness (QED) is 0.568. The molecule has 0 N–H and O–H groups in total. The van der Waals surface area contributed by atoms with Gasteiger partial charge in [-0.3, -0.25) is 0 Å². The van der Waals surface area contributed by atoms with Crippen molar-refractivity contribution in [3.8, 4) is 0 Å². The van der Waals surface area contributed by atoms with Crippen LogP contribution in [-0.4, -0.2) is 18.1 Å². The van der Waals surface area contributed by atoms with E-state index in [1.54, 1.807) is 10.4 Å². The van der Waals surface area contributed by atoms with Crippen molar-refractivity contribution in [2.24, 2.45) is 0 Å². The molecule has 0 saturated carbocycles. The SMILES string of the molecule is [SiH3][SiH](C1=CC=CC1)C1=CC=CC1. The lowest BCUT2D eigenvalue weighted by Gasteiger charge is -2.12. The van der Waals surface area contributed by atoms with Gasteiger partial charge in [0.2, 0.25) is 0 Å². The first-order chi connectivity index (χ1) is 5.88. The smallest absolute Gasteiger partial charge is 0.0761 e. The van der Waals surface area contributed by atoms with E-state index in [4.69, 9.17) is 0 Å². The van der Waals surface area contributed by atoms with E-state index in [-0.39, 0.29) is 0 Å². The summed E-state index contributed by atoms with van der Waals surface area (Å²) < 4.78 is 0. The van der Waals surface area contributed by atoms with Crippen molar-refractivity contribution in [1.82, 2.24) is 0 Å². The summed E-state index contributed by atoms with van der Waals surface area (Å²) in [5.74, 6) is 0. The first kappa shape index (κ1) is 8.01. The monoisotopic (exact) mass is 190 g/mol. The molecule has 0 aliphatic heterocycles. The number of rotatable bonds is 2. The fourth-order valence-electron chi connectivity index (χ4n) is 1.81. The van der Waals surface area contributed by atoms with E-state index in [1.807, 2.05) is 0 Å². The van der Waals surface area contributed by atoms with E-state index in [1.165, 1.54) is 22.6 Å². The summed E-state index contributed by atoms with van der Waals surface area (Å²) in [6.07, 6.45) is 16.2. The Balaban J connectivity index is 2.05. The van der Waals surface area contributed by atoms with Crippen LogP contribution in [0.5, 0.6) is 0 Å². The summed E-state index contributed by atoms with van der Waals surface area (Å²) in [5, 5.41) is 3.52. The molecule has 2 rings (SSSR count). The Morgan fingerprint density at radius 3 is 1.83 bits per heavy atom. The summed E-state index contributed by atoms with van der Waals surface area (Å²) >= 11 is 0. The molecular weight excluding hydrogens is 176 g/mol. The first-order valence-corrected chi connectivity index (χ1v) is 10.4. The molecule has 0 saturated heterocycles. The maximum atomic E-state index is 2.35. The molecule has 0 fully saturated rings. The van der Waals surface area contributed by atoms with Crippen molar-refractivity contribution in [3.05, 3.63) is 46.8 Å². The summed E-state index contributed by atoms with van der Waals surface area (Å²) in [5.41, 5.74) is 0. The largest absolute Gasteiger partial charge is 0.0809 e. The van der Waals surface area contributed by atoms with Crippen LogP contribution < -0.4 is 0 Å². The van der Waals surface area contributed by atoms with Gasteiger partial charge in [0, 0.05) is 9.76 Å². The predicted octanol–water partition coefficient (Wildman–Crippen LogP) is 0.927. The van der Waals surface area contributed by atoms with Crippen molar-refractivity contribution in [1.29, 1.82) is 0 Å². The fourth-order valence-corrected chi connectivity index (χ4v) is 6.63. The standard InChI is InChI=1S/C10H14Si2/c11-12(9-5-1-2-6-9)10-7-3-4-8-10/h1-5,7,12H,6,8H2,11H3. The lowest BCUT2D eigenvalue weighted by molar-refractivity contribution is 1.35. The molecule has 2 aliphatic rings. The summed E-state index contributed by atoms with van der Waals surface area (Å²) in [6, 6.07) is 0. The third-order valence-electron chi connectivity index (χ3n) is 2.71. The molecule has 62 valence electrons. The van der Waals surface area contributed by atoms with Gasteiger partial charge in [-0.2, -0.15) is 0 Å². The van der Waals surface area contributed by atoms with Crippen molar-refractivity contribution in [2.45, 2.75) is 12.8 Å². The Labute approximate surface area is 78.2 Å². The topological polar surface area (TPSA) is 0 Å². The lowest BCUT2D eigenvalue weighted by atomic mass is 10.5. The van der Waals surface area contributed by atoms with Gasteiger partial charge in [0.15, 0.2) is 0 Å². The number of allylic oxidation sites excluding steroid dienone is 8. The van der Waals surface area contributed by atoms with Crippen LogP contribution in [0.2, 0.25) is 0 Å². The lowest BCUT2D eigenvalue weighted by Crippen LogP contribution is -2.19. The highest BCUT2D eigenvalue weighted by Crippen LogP contribution is 2.21. The Kier molecular flexibility index (Phi) is 2.28. The number of hydrogen-bond donors (Lipinski definition) is 0. The first-order valence-electron chi connectivity index (χ1n) is 4.59. The molecule has 0 spiro atoms. The van der Waals surface area contributed by atoms with Gasteiger partial charge >= 0.3 is 0 Å². The highest BCUT2D eigenvalue weighted by atomic mass is 29.1. The van der Waals surface area contributed by atoms with Crippen LogP contribution in [0.15, 0.2) is 46.8 Å². The predicted molar refractivity (Wildman–Crippen MR) is 60.8 cm³/mol. The second-order valence-electron chi connectivity index (χ2n) is 3.47. The summed E-state index contributed by atoms with van der Waals surface area (Å²) in [6.45, 7) is 0. The minimum atomic E-state index is -0.571. The molecule has 0 atom stereocenters. The summed E-state index contributed by atoms with van der Waals surface area (Å²) in [4.78, 5) is 0. The van der Waals surface area contributed by atoms with Crippen LogP contribution in [0, 0.1) is 0 Å². The second kappa shape index (κ2) is 3.41. The van der Waals surface area contributed by atoms with Gasteiger partial charge < -0.3 is 0 Å². The molecule has 0 aromatic carbocycles. The average Bonchev–Trinajstić information content (AvgIpc) is 2.77. The zero-order chi connectivity index (χ0) is 8.39. The third kappa shape index (κ3) is 1.45. The van der Waals surface area contributed by atoms with E-state index in [2.05, 4.69) is 36.5 Å². The summed E-state index contributed by atoms with van der Waals surface area (Å²) in [7, 11) is 0.825. The molecule has 12 heavy (non-hydrogen) atoms. The van der Waals surface area contributed by atoms with Gasteiger partial charge in [-0.1, -0.05) is 46.8 Å². The van der Waals surface area contributed by atoms with Gasteiger partial charge in [0.1, 0.15) is 0 Å². The van der Waals surface area contributed by atoms with E-state index >= 15 is 0 Å². The molecule has 2 heteroatoms. The highest BCUT2D eigenvalue weighted by Gasteiger charge is 2.15. The van der Waals surface area contributed by atoms with E-state index < -0.39 is 8.31 Å². The normalized spacial score (nSPS) is 20.8. The molecule has 0 bridgehead atoms. The molecule has 0 unspecified atom stereocenters. The Bertz CT molecular complexity index is 265. The molecular formula is C10H14Si2.